The molecule has 2 aromatic heterocycles. The first-order chi connectivity index (χ1) is 14.9. The molecule has 0 aliphatic carbocycles. The molecule has 0 saturated heterocycles. The van der Waals surface area contributed by atoms with Crippen molar-refractivity contribution in [3.05, 3.63) is 83.1 Å². The van der Waals surface area contributed by atoms with Gasteiger partial charge in [0.25, 0.3) is 0 Å². The summed E-state index contributed by atoms with van der Waals surface area (Å²) in [5.41, 5.74) is 7.02. The van der Waals surface area contributed by atoms with Gasteiger partial charge in [0.1, 0.15) is 11.5 Å². The van der Waals surface area contributed by atoms with Crippen LogP contribution in [0.5, 0.6) is 0 Å². The van der Waals surface area contributed by atoms with Crippen molar-refractivity contribution in [1.82, 2.24) is 9.55 Å². The second-order valence-corrected chi connectivity index (χ2v) is 8.00. The molecule has 3 heterocycles. The normalized spacial score (nSPS) is 12.6. The van der Waals surface area contributed by atoms with Gasteiger partial charge in [-0.25, -0.2) is 14.2 Å². The Morgan fingerprint density at radius 3 is 2.55 bits per heavy atom. The van der Waals surface area contributed by atoms with E-state index in [4.69, 9.17) is 0 Å². The Bertz CT molecular complexity index is 1350. The lowest BCUT2D eigenvalue weighted by Gasteiger charge is -2.16. The summed E-state index contributed by atoms with van der Waals surface area (Å²) in [7, 11) is 0. The Morgan fingerprint density at radius 1 is 1.13 bits per heavy atom. The molecule has 0 atom stereocenters. The smallest absolute Gasteiger partial charge is 0.354 e. The summed E-state index contributed by atoms with van der Waals surface area (Å²) >= 11 is 0. The van der Waals surface area contributed by atoms with Gasteiger partial charge in [0, 0.05) is 40.3 Å². The van der Waals surface area contributed by atoms with Gasteiger partial charge in [-0.2, -0.15) is 0 Å². The minimum Gasteiger partial charge on any atom is -0.477 e. The van der Waals surface area contributed by atoms with Gasteiger partial charge in [-0.1, -0.05) is 19.9 Å². The Labute approximate surface area is 178 Å². The average molecular weight is 413 g/mol. The van der Waals surface area contributed by atoms with E-state index in [9.17, 15) is 14.3 Å². The van der Waals surface area contributed by atoms with Gasteiger partial charge < -0.3 is 9.67 Å². The summed E-state index contributed by atoms with van der Waals surface area (Å²) in [6, 6.07) is 14.1. The summed E-state index contributed by atoms with van der Waals surface area (Å²) < 4.78 is 15.8. The number of aromatic nitrogens is 2. The molecule has 0 radical (unpaired) electrons. The van der Waals surface area contributed by atoms with E-state index < -0.39 is 5.97 Å². The lowest BCUT2D eigenvalue weighted by Crippen LogP contribution is -2.04. The average Bonchev–Trinajstić information content (AvgIpc) is 3.34. The monoisotopic (exact) mass is 413 g/mol. The highest BCUT2D eigenvalue weighted by Crippen LogP contribution is 2.42. The molecule has 1 N–H and O–H groups in total. The Morgan fingerprint density at radius 2 is 1.90 bits per heavy atom. The zero-order valence-electron chi connectivity index (χ0n) is 17.1. The van der Waals surface area contributed by atoms with Crippen LogP contribution in [-0.2, 0) is 6.54 Å². The van der Waals surface area contributed by atoms with Crippen LogP contribution in [0.25, 0.3) is 27.7 Å². The molecule has 6 heteroatoms. The van der Waals surface area contributed by atoms with E-state index in [0.29, 0.717) is 6.54 Å². The third-order valence-electron chi connectivity index (χ3n) is 5.66. The van der Waals surface area contributed by atoms with Crippen LogP contribution in [0.3, 0.4) is 0 Å². The molecule has 0 spiro atoms. The lowest BCUT2D eigenvalue weighted by atomic mass is 9.96. The topological polar surface area (TPSA) is 67.5 Å². The number of halogens is 1. The van der Waals surface area contributed by atoms with E-state index in [2.05, 4.69) is 40.5 Å². The number of rotatable bonds is 4. The molecule has 2 aromatic carbocycles. The number of fused-ring (bicyclic) bond motifs is 2. The van der Waals surface area contributed by atoms with E-state index >= 15 is 0 Å². The van der Waals surface area contributed by atoms with Gasteiger partial charge >= 0.3 is 5.97 Å². The number of aliphatic imine (C=N–C) groups is 1. The summed E-state index contributed by atoms with van der Waals surface area (Å²) in [4.78, 5) is 19.8. The van der Waals surface area contributed by atoms with Gasteiger partial charge in [0.15, 0.2) is 0 Å². The molecule has 1 aliphatic rings. The van der Waals surface area contributed by atoms with Crippen LogP contribution in [0.4, 0.5) is 4.39 Å². The number of nitrogens with zero attached hydrogens (tertiary/aromatic N) is 3. The summed E-state index contributed by atoms with van der Waals surface area (Å²) in [6.07, 6.45) is 3.50. The second kappa shape index (κ2) is 7.16. The number of pyridine rings is 1. The zero-order chi connectivity index (χ0) is 21.7. The highest BCUT2D eigenvalue weighted by molar-refractivity contribution is 6.03. The van der Waals surface area contributed by atoms with E-state index in [1.54, 1.807) is 24.4 Å². The maximum absolute atomic E-state index is 13.6. The van der Waals surface area contributed by atoms with E-state index in [1.807, 2.05) is 6.21 Å². The molecular formula is C25H20FN3O2. The number of benzene rings is 2. The van der Waals surface area contributed by atoms with Crippen LogP contribution in [0.2, 0.25) is 0 Å². The Hall–Kier alpha value is -3.80. The first-order valence-corrected chi connectivity index (χ1v) is 10.1. The third-order valence-corrected chi connectivity index (χ3v) is 5.66. The molecular weight excluding hydrogens is 393 g/mol. The fourth-order valence-corrected chi connectivity index (χ4v) is 4.30. The SMILES string of the molecule is CC(C)c1c(-c2ccc(C(=O)O)nc2)c2cc3c(cc2n1-c1ccc(F)cc1)C=NC3. The first kappa shape index (κ1) is 19.2. The number of hydrogen-bond donors (Lipinski definition) is 1. The van der Waals surface area contributed by atoms with Crippen molar-refractivity contribution in [3.63, 3.8) is 0 Å². The van der Waals surface area contributed by atoms with Crippen molar-refractivity contribution in [2.45, 2.75) is 26.3 Å². The van der Waals surface area contributed by atoms with E-state index in [-0.39, 0.29) is 17.4 Å². The first-order valence-electron chi connectivity index (χ1n) is 10.1. The molecule has 154 valence electrons. The number of carboxylic acids is 1. The van der Waals surface area contributed by atoms with Crippen molar-refractivity contribution >= 4 is 23.1 Å². The highest BCUT2D eigenvalue weighted by Gasteiger charge is 2.24. The van der Waals surface area contributed by atoms with Crippen LogP contribution >= 0.6 is 0 Å². The number of hydrogen-bond acceptors (Lipinski definition) is 3. The van der Waals surface area contributed by atoms with Gasteiger partial charge in [-0.3, -0.25) is 4.99 Å². The molecule has 1 aliphatic heterocycles. The summed E-state index contributed by atoms with van der Waals surface area (Å²) in [5.74, 6) is -1.19. The van der Waals surface area contributed by atoms with E-state index in [0.717, 1.165) is 44.5 Å². The number of carboxylic acid groups (broad SMARTS) is 1. The Balaban J connectivity index is 1.87. The maximum atomic E-state index is 13.6. The van der Waals surface area contributed by atoms with Crippen molar-refractivity contribution < 1.29 is 14.3 Å². The minimum atomic E-state index is -1.06. The molecule has 0 bridgehead atoms. The molecule has 0 fully saturated rings. The molecule has 0 amide bonds. The van der Waals surface area contributed by atoms with Crippen LogP contribution < -0.4 is 0 Å². The van der Waals surface area contributed by atoms with Crippen LogP contribution in [0.1, 0.15) is 47.1 Å². The third kappa shape index (κ3) is 3.11. The molecule has 5 nitrogen and oxygen atoms in total. The maximum Gasteiger partial charge on any atom is 0.354 e. The van der Waals surface area contributed by atoms with Crippen molar-refractivity contribution in [3.8, 4) is 16.8 Å². The standard InChI is InChI=1S/C25H20FN3O2/c1-14(2)24-23(15-3-8-21(25(30)31)28-13-15)20-9-16-11-27-12-17(16)10-22(20)29(24)19-6-4-18(26)5-7-19/h3-10,12-14H,11H2,1-2H3,(H,30,31). The van der Waals surface area contributed by atoms with Crippen LogP contribution in [0.15, 0.2) is 59.7 Å². The van der Waals surface area contributed by atoms with Crippen LogP contribution in [-0.4, -0.2) is 26.8 Å². The lowest BCUT2D eigenvalue weighted by molar-refractivity contribution is 0.0690. The molecule has 0 unspecified atom stereocenters. The Kier molecular flexibility index (Phi) is 4.43. The largest absolute Gasteiger partial charge is 0.477 e. The van der Waals surface area contributed by atoms with Crippen molar-refractivity contribution in [2.75, 3.05) is 0 Å². The minimum absolute atomic E-state index is 0.00594. The van der Waals surface area contributed by atoms with Crippen LogP contribution in [0, 0.1) is 5.82 Å². The summed E-state index contributed by atoms with van der Waals surface area (Å²) in [5, 5.41) is 10.3. The van der Waals surface area contributed by atoms with Gasteiger partial charge in [-0.05, 0) is 59.5 Å². The number of carbonyl (C=O) groups is 1. The molecule has 0 saturated carbocycles. The molecule has 5 rings (SSSR count). The van der Waals surface area contributed by atoms with Gasteiger partial charge in [0.2, 0.25) is 0 Å². The molecule has 4 aromatic rings. The molecule has 31 heavy (non-hydrogen) atoms. The second-order valence-electron chi connectivity index (χ2n) is 8.00. The highest BCUT2D eigenvalue weighted by atomic mass is 19.1. The number of aromatic carboxylic acids is 1. The quantitative estimate of drug-likeness (QED) is 0.474. The summed E-state index contributed by atoms with van der Waals surface area (Å²) in [6.45, 7) is 4.87. The predicted octanol–water partition coefficient (Wildman–Crippen LogP) is 5.59. The van der Waals surface area contributed by atoms with Crippen molar-refractivity contribution in [1.29, 1.82) is 0 Å². The fraction of sp³-hybridized carbons (Fsp3) is 0.160. The zero-order valence-corrected chi connectivity index (χ0v) is 17.1. The fourth-order valence-electron chi connectivity index (χ4n) is 4.30. The van der Waals surface area contributed by atoms with Gasteiger partial charge in [0.05, 0.1) is 12.1 Å². The van der Waals surface area contributed by atoms with Crippen molar-refractivity contribution in [2.24, 2.45) is 4.99 Å². The van der Waals surface area contributed by atoms with Gasteiger partial charge in [-0.15, -0.1) is 0 Å². The van der Waals surface area contributed by atoms with E-state index in [1.165, 1.54) is 18.2 Å². The predicted molar refractivity (Wildman–Crippen MR) is 119 cm³/mol.